The fourth-order valence-electron chi connectivity index (χ4n) is 4.01. The normalized spacial score (nSPS) is 15.2. The number of rotatable bonds is 8. The average Bonchev–Trinajstić information content (AvgIpc) is 2.75. The molecule has 0 bridgehead atoms. The Hall–Kier alpha value is -3.22. The summed E-state index contributed by atoms with van der Waals surface area (Å²) in [6, 6.07) is 10.5. The Morgan fingerprint density at radius 1 is 1.10 bits per heavy atom. The van der Waals surface area contributed by atoms with Gasteiger partial charge in [0.25, 0.3) is 0 Å². The van der Waals surface area contributed by atoms with Crippen LogP contribution in [0.2, 0.25) is 0 Å². The Balaban J connectivity index is 1.95. The van der Waals surface area contributed by atoms with Gasteiger partial charge in [-0.05, 0) is 61.6 Å². The highest BCUT2D eigenvalue weighted by Crippen LogP contribution is 2.40. The van der Waals surface area contributed by atoms with Gasteiger partial charge in [0, 0.05) is 12.2 Å². The molecule has 0 fully saturated rings. The molecule has 0 aromatic heterocycles. The van der Waals surface area contributed by atoms with E-state index in [0.717, 1.165) is 28.8 Å². The second-order valence-electron chi connectivity index (χ2n) is 7.36. The molecular formula is C24H30N2O5. The van der Waals surface area contributed by atoms with Crippen molar-refractivity contribution in [2.75, 3.05) is 25.1 Å². The van der Waals surface area contributed by atoms with E-state index < -0.39 is 12.0 Å². The third-order valence-corrected chi connectivity index (χ3v) is 5.43. The van der Waals surface area contributed by atoms with Crippen molar-refractivity contribution in [1.82, 2.24) is 4.90 Å². The molecule has 7 nitrogen and oxygen atoms in total. The van der Waals surface area contributed by atoms with E-state index in [9.17, 15) is 14.7 Å². The highest BCUT2D eigenvalue weighted by molar-refractivity contribution is 5.91. The number of amides is 2. The third-order valence-electron chi connectivity index (χ3n) is 5.43. The second-order valence-corrected chi connectivity index (χ2v) is 7.36. The first-order valence-corrected chi connectivity index (χ1v) is 10.8. The van der Waals surface area contributed by atoms with Crippen molar-refractivity contribution >= 4 is 17.7 Å². The standard InChI is InChI=1S/C24H30N2O5/c1-4-16-9-7-8-10-19(16)25-24(29)26-12-11-17-13-21(30-5-2)22(31-6-3)14-18(17)20(26)15-23(27)28/h7-10,13-14,20H,4-6,11-12,15H2,1-3H3,(H,25,29)(H,27,28)/t20-/m0/s1. The van der Waals surface area contributed by atoms with Crippen molar-refractivity contribution < 1.29 is 24.2 Å². The smallest absolute Gasteiger partial charge is 0.322 e. The quantitative estimate of drug-likeness (QED) is 0.641. The van der Waals surface area contributed by atoms with Gasteiger partial charge in [-0.15, -0.1) is 0 Å². The zero-order valence-electron chi connectivity index (χ0n) is 18.3. The lowest BCUT2D eigenvalue weighted by atomic mass is 9.90. The number of benzene rings is 2. The Bertz CT molecular complexity index is 944. The number of aliphatic carboxylic acids is 1. The first-order valence-electron chi connectivity index (χ1n) is 10.8. The number of urea groups is 1. The number of carbonyl (C=O) groups is 2. The number of anilines is 1. The number of hydrogen-bond donors (Lipinski definition) is 2. The summed E-state index contributed by atoms with van der Waals surface area (Å²) < 4.78 is 11.5. The fourth-order valence-corrected chi connectivity index (χ4v) is 4.01. The topological polar surface area (TPSA) is 88.1 Å². The number of nitrogens with one attached hydrogen (secondary N) is 1. The van der Waals surface area contributed by atoms with Crippen LogP contribution in [0.3, 0.4) is 0 Å². The van der Waals surface area contributed by atoms with Gasteiger partial charge >= 0.3 is 12.0 Å². The molecule has 2 aromatic carbocycles. The summed E-state index contributed by atoms with van der Waals surface area (Å²) in [4.78, 5) is 26.5. The van der Waals surface area contributed by atoms with Crippen LogP contribution in [0.25, 0.3) is 0 Å². The van der Waals surface area contributed by atoms with Gasteiger partial charge in [-0.25, -0.2) is 4.79 Å². The fraction of sp³-hybridized carbons (Fsp3) is 0.417. The lowest BCUT2D eigenvalue weighted by Gasteiger charge is -2.37. The van der Waals surface area contributed by atoms with Crippen LogP contribution in [0.15, 0.2) is 36.4 Å². The maximum Gasteiger partial charge on any atom is 0.322 e. The number of carbonyl (C=O) groups excluding carboxylic acids is 1. The molecule has 2 amide bonds. The number of fused-ring (bicyclic) bond motifs is 1. The van der Waals surface area contributed by atoms with E-state index >= 15 is 0 Å². The predicted octanol–water partition coefficient (Wildman–Crippen LogP) is 4.65. The van der Waals surface area contributed by atoms with Gasteiger partial charge in [0.05, 0.1) is 25.7 Å². The molecule has 0 aliphatic carbocycles. The van der Waals surface area contributed by atoms with Crippen LogP contribution in [-0.4, -0.2) is 41.8 Å². The molecule has 0 spiro atoms. The molecule has 0 saturated heterocycles. The third kappa shape index (κ3) is 5.10. The van der Waals surface area contributed by atoms with Gasteiger partial charge in [0.1, 0.15) is 0 Å². The van der Waals surface area contributed by atoms with Crippen LogP contribution in [0, 0.1) is 0 Å². The molecule has 31 heavy (non-hydrogen) atoms. The number of carboxylic acid groups (broad SMARTS) is 1. The molecule has 1 atom stereocenters. The van der Waals surface area contributed by atoms with Gasteiger partial charge in [-0.3, -0.25) is 4.79 Å². The lowest BCUT2D eigenvalue weighted by molar-refractivity contribution is -0.138. The summed E-state index contributed by atoms with van der Waals surface area (Å²) in [5.74, 6) is 0.250. The van der Waals surface area contributed by atoms with Crippen molar-refractivity contribution in [1.29, 1.82) is 0 Å². The first-order chi connectivity index (χ1) is 15.0. The van der Waals surface area contributed by atoms with Crippen LogP contribution >= 0.6 is 0 Å². The molecule has 0 radical (unpaired) electrons. The minimum atomic E-state index is -0.962. The number of hydrogen-bond acceptors (Lipinski definition) is 4. The Labute approximate surface area is 183 Å². The van der Waals surface area contributed by atoms with E-state index in [0.29, 0.717) is 37.7 Å². The zero-order chi connectivity index (χ0) is 22.4. The summed E-state index contributed by atoms with van der Waals surface area (Å²) in [6.45, 7) is 7.20. The SMILES string of the molecule is CCOc1cc2c(cc1OCC)[C@H](CC(=O)O)N(C(=O)Nc1ccccc1CC)CC2. The maximum absolute atomic E-state index is 13.2. The molecule has 1 aliphatic rings. The summed E-state index contributed by atoms with van der Waals surface area (Å²) in [5.41, 5.74) is 3.55. The number of ether oxygens (including phenoxy) is 2. The van der Waals surface area contributed by atoms with Crippen LogP contribution in [-0.2, 0) is 17.6 Å². The summed E-state index contributed by atoms with van der Waals surface area (Å²) in [7, 11) is 0. The average molecular weight is 427 g/mol. The second kappa shape index (κ2) is 10.2. The summed E-state index contributed by atoms with van der Waals surface area (Å²) in [6.07, 6.45) is 1.21. The Kier molecular flexibility index (Phi) is 7.39. The van der Waals surface area contributed by atoms with Crippen LogP contribution in [0.1, 0.15) is 49.9 Å². The first kappa shape index (κ1) is 22.5. The minimum Gasteiger partial charge on any atom is -0.490 e. The molecule has 0 unspecified atom stereocenters. The van der Waals surface area contributed by atoms with E-state index in [1.54, 1.807) is 4.90 Å². The molecule has 166 valence electrons. The van der Waals surface area contributed by atoms with E-state index in [4.69, 9.17) is 9.47 Å². The van der Waals surface area contributed by atoms with E-state index in [-0.39, 0.29) is 12.5 Å². The van der Waals surface area contributed by atoms with E-state index in [1.807, 2.05) is 57.2 Å². The zero-order valence-corrected chi connectivity index (χ0v) is 18.3. The molecule has 7 heteroatoms. The van der Waals surface area contributed by atoms with Crippen LogP contribution < -0.4 is 14.8 Å². The molecule has 0 saturated carbocycles. The lowest BCUT2D eigenvalue weighted by Crippen LogP contribution is -2.43. The molecular weight excluding hydrogens is 396 g/mol. The predicted molar refractivity (Wildman–Crippen MR) is 119 cm³/mol. The van der Waals surface area contributed by atoms with Crippen molar-refractivity contribution in [3.63, 3.8) is 0 Å². The van der Waals surface area contributed by atoms with Gasteiger partial charge < -0.3 is 24.8 Å². The van der Waals surface area contributed by atoms with Crippen molar-refractivity contribution in [2.45, 2.75) is 46.1 Å². The largest absolute Gasteiger partial charge is 0.490 e. The van der Waals surface area contributed by atoms with E-state index in [1.165, 1.54) is 0 Å². The Morgan fingerprint density at radius 2 is 1.77 bits per heavy atom. The Morgan fingerprint density at radius 3 is 2.42 bits per heavy atom. The van der Waals surface area contributed by atoms with Crippen molar-refractivity contribution in [3.05, 3.63) is 53.1 Å². The van der Waals surface area contributed by atoms with Crippen molar-refractivity contribution in [2.24, 2.45) is 0 Å². The number of aryl methyl sites for hydroxylation is 1. The van der Waals surface area contributed by atoms with Crippen LogP contribution in [0.4, 0.5) is 10.5 Å². The number of nitrogens with zero attached hydrogens (tertiary/aromatic N) is 1. The number of carboxylic acids is 1. The van der Waals surface area contributed by atoms with Gasteiger partial charge in [0.15, 0.2) is 11.5 Å². The van der Waals surface area contributed by atoms with E-state index in [2.05, 4.69) is 5.32 Å². The maximum atomic E-state index is 13.2. The molecule has 3 rings (SSSR count). The highest BCUT2D eigenvalue weighted by atomic mass is 16.5. The van der Waals surface area contributed by atoms with Gasteiger partial charge in [-0.1, -0.05) is 25.1 Å². The number of para-hydroxylation sites is 1. The molecule has 1 heterocycles. The molecule has 1 aliphatic heterocycles. The van der Waals surface area contributed by atoms with Gasteiger partial charge in [0.2, 0.25) is 0 Å². The highest BCUT2D eigenvalue weighted by Gasteiger charge is 2.34. The van der Waals surface area contributed by atoms with Crippen LogP contribution in [0.5, 0.6) is 11.5 Å². The molecule has 2 aromatic rings. The molecule has 2 N–H and O–H groups in total. The summed E-state index contributed by atoms with van der Waals surface area (Å²) in [5, 5.41) is 12.5. The minimum absolute atomic E-state index is 0.185. The summed E-state index contributed by atoms with van der Waals surface area (Å²) >= 11 is 0. The van der Waals surface area contributed by atoms with Gasteiger partial charge in [-0.2, -0.15) is 0 Å². The monoisotopic (exact) mass is 426 g/mol. The van der Waals surface area contributed by atoms with Crippen molar-refractivity contribution in [3.8, 4) is 11.5 Å².